The van der Waals surface area contributed by atoms with Gasteiger partial charge in [-0.1, -0.05) is 13.8 Å². The number of ether oxygens (including phenoxy) is 3. The zero-order chi connectivity index (χ0) is 21.6. The topological polar surface area (TPSA) is 95.0 Å². The highest BCUT2D eigenvalue weighted by molar-refractivity contribution is 7.09. The first kappa shape index (κ1) is 23.9. The van der Waals surface area contributed by atoms with E-state index in [1.807, 2.05) is 13.8 Å². The van der Waals surface area contributed by atoms with Crippen LogP contribution in [0.1, 0.15) is 69.6 Å². The molecule has 0 fully saturated rings. The van der Waals surface area contributed by atoms with Crippen molar-refractivity contribution in [1.82, 2.24) is 9.88 Å². The second kappa shape index (κ2) is 9.86. The van der Waals surface area contributed by atoms with E-state index in [0.29, 0.717) is 11.4 Å². The van der Waals surface area contributed by atoms with Crippen LogP contribution in [0.15, 0.2) is 5.38 Å². The van der Waals surface area contributed by atoms with Gasteiger partial charge in [-0.25, -0.2) is 14.6 Å². The molecule has 1 unspecified atom stereocenters. The molecule has 1 aromatic rings. The molecule has 0 bridgehead atoms. The molecule has 0 spiro atoms. The first-order valence-corrected chi connectivity index (χ1v) is 9.90. The zero-order valence-electron chi connectivity index (χ0n) is 17.8. The number of thiazole rings is 1. The Morgan fingerprint density at radius 3 is 2.32 bits per heavy atom. The van der Waals surface area contributed by atoms with Crippen molar-refractivity contribution in [1.29, 1.82) is 0 Å². The monoisotopic (exact) mass is 414 g/mol. The third kappa shape index (κ3) is 7.10. The quantitative estimate of drug-likeness (QED) is 0.494. The van der Waals surface area contributed by atoms with Gasteiger partial charge in [0.15, 0.2) is 11.8 Å². The Kier molecular flexibility index (Phi) is 8.41. The van der Waals surface area contributed by atoms with Crippen molar-refractivity contribution in [3.8, 4) is 0 Å². The predicted octanol–water partition coefficient (Wildman–Crippen LogP) is 3.82. The molecule has 0 aliphatic carbocycles. The van der Waals surface area contributed by atoms with Gasteiger partial charge in [-0.05, 0) is 26.7 Å². The lowest BCUT2D eigenvalue weighted by Gasteiger charge is -2.34. The number of carbonyl (C=O) groups is 3. The van der Waals surface area contributed by atoms with Crippen LogP contribution in [0.3, 0.4) is 0 Å². The molecule has 0 aliphatic rings. The number of hydrogen-bond donors (Lipinski definition) is 0. The van der Waals surface area contributed by atoms with E-state index in [1.54, 1.807) is 33.2 Å². The molecule has 0 radical (unpaired) electrons. The summed E-state index contributed by atoms with van der Waals surface area (Å²) in [5.41, 5.74) is -0.464. The Morgan fingerprint density at radius 1 is 1.25 bits per heavy atom. The van der Waals surface area contributed by atoms with Gasteiger partial charge in [-0.15, -0.1) is 11.3 Å². The molecular weight excluding hydrogens is 384 g/mol. The van der Waals surface area contributed by atoms with Crippen molar-refractivity contribution in [3.05, 3.63) is 16.1 Å². The van der Waals surface area contributed by atoms with E-state index in [0.717, 1.165) is 0 Å². The summed E-state index contributed by atoms with van der Waals surface area (Å²) < 4.78 is 15.6. The normalized spacial score (nSPS) is 13.6. The summed E-state index contributed by atoms with van der Waals surface area (Å²) in [6.07, 6.45) is -0.832. The van der Waals surface area contributed by atoms with E-state index in [4.69, 9.17) is 9.47 Å². The molecule has 28 heavy (non-hydrogen) atoms. The lowest BCUT2D eigenvalue weighted by atomic mass is 9.96. The van der Waals surface area contributed by atoms with Gasteiger partial charge >= 0.3 is 18.0 Å². The standard InChI is InChI=1S/C19H30N2O6S/c1-11(2)14(21(7)18(24)27-19(4,5)6)9-15(26-12(3)22)16-20-13(10-28-16)17(23)25-8/h10-11,14-15H,9H2,1-8H3/t14-,15?/m1/s1. The molecule has 8 nitrogen and oxygen atoms in total. The van der Waals surface area contributed by atoms with Gasteiger partial charge in [0.2, 0.25) is 0 Å². The third-order valence-electron chi connectivity index (χ3n) is 3.90. The highest BCUT2D eigenvalue weighted by Crippen LogP contribution is 2.30. The second-order valence-corrected chi connectivity index (χ2v) is 8.69. The van der Waals surface area contributed by atoms with E-state index >= 15 is 0 Å². The average molecular weight is 415 g/mol. The second-order valence-electron chi connectivity index (χ2n) is 7.80. The van der Waals surface area contributed by atoms with Crippen LogP contribution >= 0.6 is 11.3 Å². The molecule has 1 heterocycles. The summed E-state index contributed by atoms with van der Waals surface area (Å²) in [5, 5.41) is 2.03. The molecule has 2 atom stereocenters. The number of carbonyl (C=O) groups excluding carboxylic acids is 3. The van der Waals surface area contributed by atoms with Gasteiger partial charge in [-0.3, -0.25) is 4.79 Å². The molecule has 9 heteroatoms. The van der Waals surface area contributed by atoms with Crippen molar-refractivity contribution >= 4 is 29.4 Å². The first-order chi connectivity index (χ1) is 12.9. The molecule has 1 rings (SSSR count). The summed E-state index contributed by atoms with van der Waals surface area (Å²) in [5.74, 6) is -0.965. The smallest absolute Gasteiger partial charge is 0.410 e. The Labute approximate surface area is 170 Å². The van der Waals surface area contributed by atoms with E-state index in [9.17, 15) is 14.4 Å². The minimum atomic E-state index is -0.696. The first-order valence-electron chi connectivity index (χ1n) is 9.02. The summed E-state index contributed by atoms with van der Waals surface area (Å²) in [6, 6.07) is -0.273. The SMILES string of the molecule is COC(=O)c1csc(C(C[C@H](C(C)C)N(C)C(=O)OC(C)(C)C)OC(C)=O)n1. The van der Waals surface area contributed by atoms with Crippen LogP contribution in [0.4, 0.5) is 4.79 Å². The number of methoxy groups -OCH3 is 1. The minimum absolute atomic E-state index is 0.0654. The number of hydrogen-bond acceptors (Lipinski definition) is 8. The minimum Gasteiger partial charge on any atom is -0.464 e. The van der Waals surface area contributed by atoms with Crippen molar-refractivity contribution < 1.29 is 28.6 Å². The molecule has 0 saturated heterocycles. The van der Waals surface area contributed by atoms with Gasteiger partial charge in [0.25, 0.3) is 0 Å². The molecule has 158 valence electrons. The Hall–Kier alpha value is -2.16. The van der Waals surface area contributed by atoms with Crippen LogP contribution in [0.5, 0.6) is 0 Å². The van der Waals surface area contributed by atoms with Crippen molar-refractivity contribution in [3.63, 3.8) is 0 Å². The van der Waals surface area contributed by atoms with Crippen molar-refractivity contribution in [2.75, 3.05) is 14.2 Å². The van der Waals surface area contributed by atoms with Crippen LogP contribution in [0.25, 0.3) is 0 Å². The average Bonchev–Trinajstić information content (AvgIpc) is 3.05. The van der Waals surface area contributed by atoms with Gasteiger partial charge < -0.3 is 19.1 Å². The predicted molar refractivity (Wildman–Crippen MR) is 105 cm³/mol. The molecule has 0 aromatic carbocycles. The molecule has 0 N–H and O–H groups in total. The van der Waals surface area contributed by atoms with E-state index in [1.165, 1.54) is 30.3 Å². The fourth-order valence-electron chi connectivity index (χ4n) is 2.60. The fraction of sp³-hybridized carbons (Fsp3) is 0.684. The lowest BCUT2D eigenvalue weighted by molar-refractivity contribution is -0.147. The van der Waals surface area contributed by atoms with Crippen molar-refractivity contribution in [2.24, 2.45) is 5.92 Å². The Morgan fingerprint density at radius 2 is 1.86 bits per heavy atom. The fourth-order valence-corrected chi connectivity index (χ4v) is 3.43. The van der Waals surface area contributed by atoms with Crippen LogP contribution in [-0.4, -0.2) is 53.7 Å². The van der Waals surface area contributed by atoms with Crippen LogP contribution < -0.4 is 0 Å². The molecule has 1 aromatic heterocycles. The van der Waals surface area contributed by atoms with Gasteiger partial charge in [0, 0.05) is 31.8 Å². The largest absolute Gasteiger partial charge is 0.464 e. The molecule has 0 aliphatic heterocycles. The maximum absolute atomic E-state index is 12.5. The van der Waals surface area contributed by atoms with Crippen LogP contribution in [0.2, 0.25) is 0 Å². The number of amides is 1. The summed E-state index contributed by atoms with van der Waals surface area (Å²) >= 11 is 1.20. The number of esters is 2. The van der Waals surface area contributed by atoms with Crippen LogP contribution in [-0.2, 0) is 19.0 Å². The maximum atomic E-state index is 12.5. The number of nitrogens with zero attached hydrogens (tertiary/aromatic N) is 2. The zero-order valence-corrected chi connectivity index (χ0v) is 18.6. The van der Waals surface area contributed by atoms with Gasteiger partial charge in [0.05, 0.1) is 7.11 Å². The van der Waals surface area contributed by atoms with Gasteiger partial charge in [0.1, 0.15) is 10.6 Å². The van der Waals surface area contributed by atoms with Gasteiger partial charge in [-0.2, -0.15) is 0 Å². The van der Waals surface area contributed by atoms with E-state index < -0.39 is 29.7 Å². The van der Waals surface area contributed by atoms with Crippen molar-refractivity contribution in [2.45, 2.75) is 65.7 Å². The highest BCUT2D eigenvalue weighted by atomic mass is 32.1. The van der Waals surface area contributed by atoms with E-state index in [-0.39, 0.29) is 17.7 Å². The Balaban J connectivity index is 3.09. The number of aromatic nitrogens is 1. The number of rotatable bonds is 7. The van der Waals surface area contributed by atoms with Crippen LogP contribution in [0, 0.1) is 5.92 Å². The highest BCUT2D eigenvalue weighted by Gasteiger charge is 2.32. The summed E-state index contributed by atoms with van der Waals surface area (Å²) in [6.45, 7) is 10.7. The molecule has 1 amide bonds. The molecule has 0 saturated carbocycles. The lowest BCUT2D eigenvalue weighted by Crippen LogP contribution is -2.44. The van der Waals surface area contributed by atoms with E-state index in [2.05, 4.69) is 9.72 Å². The molecular formula is C19H30N2O6S. The summed E-state index contributed by atoms with van der Waals surface area (Å²) in [7, 11) is 2.93. The third-order valence-corrected chi connectivity index (χ3v) is 4.84. The Bertz CT molecular complexity index is 695. The summed E-state index contributed by atoms with van der Waals surface area (Å²) in [4.78, 5) is 41.6. The maximum Gasteiger partial charge on any atom is 0.410 e.